The van der Waals surface area contributed by atoms with Crippen molar-refractivity contribution in [3.8, 4) is 11.5 Å². The van der Waals surface area contributed by atoms with Gasteiger partial charge in [0.15, 0.2) is 0 Å². The zero-order chi connectivity index (χ0) is 21.0. The number of fused-ring (bicyclic) bond motifs is 1. The van der Waals surface area contributed by atoms with Gasteiger partial charge in [-0.1, -0.05) is 24.3 Å². The lowest BCUT2D eigenvalue weighted by Crippen LogP contribution is -2.46. The van der Waals surface area contributed by atoms with Crippen molar-refractivity contribution < 1.29 is 19.7 Å². The third kappa shape index (κ3) is 4.56. The second-order valence-electron chi connectivity index (χ2n) is 7.88. The second-order valence-corrected chi connectivity index (χ2v) is 7.88. The van der Waals surface area contributed by atoms with E-state index in [2.05, 4.69) is 9.88 Å². The molecule has 30 heavy (non-hydrogen) atoms. The standard InChI is InChI=1S/C24H28N2O4/c1-29-20-6-8-21(9-7-20)30-17-19(27)16-26-12-10-24(28,11-13-26)23-15-25-14-18-4-2-3-5-22(18)23/h2-9,14-15,19,27-28H,10-13,16-17H2,1H3/t19-/m0/s1. The molecule has 1 aliphatic heterocycles. The molecule has 0 spiro atoms. The number of rotatable bonds is 7. The average Bonchev–Trinajstić information content (AvgIpc) is 2.79. The number of nitrogens with zero attached hydrogens (tertiary/aromatic N) is 2. The summed E-state index contributed by atoms with van der Waals surface area (Å²) in [5.41, 5.74) is -0.00168. The number of piperidine rings is 1. The number of β-amino-alcohol motifs (C(OH)–C–C–N with tert-alkyl or cyclic N) is 1. The number of benzene rings is 2. The molecule has 3 aromatic rings. The van der Waals surface area contributed by atoms with Crippen molar-refractivity contribution in [3.05, 3.63) is 66.5 Å². The van der Waals surface area contributed by atoms with Gasteiger partial charge in [-0.2, -0.15) is 0 Å². The molecule has 6 nitrogen and oxygen atoms in total. The van der Waals surface area contributed by atoms with E-state index >= 15 is 0 Å². The number of pyridine rings is 1. The number of aliphatic hydroxyl groups excluding tert-OH is 1. The average molecular weight is 408 g/mol. The molecule has 1 atom stereocenters. The summed E-state index contributed by atoms with van der Waals surface area (Å²) >= 11 is 0. The van der Waals surface area contributed by atoms with Gasteiger partial charge < -0.3 is 24.6 Å². The van der Waals surface area contributed by atoms with Crippen LogP contribution in [0, 0.1) is 0 Å². The molecule has 0 aliphatic carbocycles. The van der Waals surface area contributed by atoms with Crippen LogP contribution in [0.3, 0.4) is 0 Å². The Kier molecular flexibility index (Phi) is 6.18. The van der Waals surface area contributed by atoms with Crippen molar-refractivity contribution in [2.24, 2.45) is 0 Å². The summed E-state index contributed by atoms with van der Waals surface area (Å²) in [5, 5.41) is 23.8. The van der Waals surface area contributed by atoms with Gasteiger partial charge in [0.1, 0.15) is 24.2 Å². The van der Waals surface area contributed by atoms with Crippen LogP contribution >= 0.6 is 0 Å². The van der Waals surface area contributed by atoms with Crippen molar-refractivity contribution in [1.82, 2.24) is 9.88 Å². The van der Waals surface area contributed by atoms with Crippen molar-refractivity contribution >= 4 is 10.8 Å². The Morgan fingerprint density at radius 2 is 1.73 bits per heavy atom. The fourth-order valence-electron chi connectivity index (χ4n) is 4.08. The van der Waals surface area contributed by atoms with E-state index in [4.69, 9.17) is 9.47 Å². The van der Waals surface area contributed by atoms with Crippen LogP contribution in [0.5, 0.6) is 11.5 Å². The third-order valence-electron chi connectivity index (χ3n) is 5.82. The zero-order valence-electron chi connectivity index (χ0n) is 17.2. The minimum Gasteiger partial charge on any atom is -0.497 e. The Bertz CT molecular complexity index is 963. The molecule has 0 unspecified atom stereocenters. The highest BCUT2D eigenvalue weighted by molar-refractivity contribution is 5.85. The molecule has 2 heterocycles. The molecule has 4 rings (SSSR count). The topological polar surface area (TPSA) is 75.0 Å². The van der Waals surface area contributed by atoms with E-state index in [0.717, 1.165) is 22.1 Å². The number of aliphatic hydroxyl groups is 2. The minimum atomic E-state index is -0.894. The van der Waals surface area contributed by atoms with Gasteiger partial charge in [0.25, 0.3) is 0 Å². The molecule has 2 N–H and O–H groups in total. The second kappa shape index (κ2) is 9.00. The maximum Gasteiger partial charge on any atom is 0.119 e. The van der Waals surface area contributed by atoms with E-state index in [0.29, 0.717) is 38.2 Å². The van der Waals surface area contributed by atoms with Crippen molar-refractivity contribution in [1.29, 1.82) is 0 Å². The molecule has 0 bridgehead atoms. The van der Waals surface area contributed by atoms with Crippen LogP contribution in [0.15, 0.2) is 60.9 Å². The normalized spacial score (nSPS) is 17.6. The lowest BCUT2D eigenvalue weighted by molar-refractivity contribution is -0.0364. The monoisotopic (exact) mass is 408 g/mol. The minimum absolute atomic E-state index is 0.223. The van der Waals surface area contributed by atoms with Gasteiger partial charge in [0, 0.05) is 43.0 Å². The van der Waals surface area contributed by atoms with E-state index in [1.54, 1.807) is 13.3 Å². The Hall–Kier alpha value is -2.67. The first-order valence-electron chi connectivity index (χ1n) is 10.3. The van der Waals surface area contributed by atoms with Crippen LogP contribution in [0.2, 0.25) is 0 Å². The molecular weight excluding hydrogens is 380 g/mol. The number of likely N-dealkylation sites (tertiary alicyclic amines) is 1. The van der Waals surface area contributed by atoms with E-state index in [9.17, 15) is 10.2 Å². The van der Waals surface area contributed by atoms with Crippen LogP contribution in [-0.2, 0) is 5.60 Å². The van der Waals surface area contributed by atoms with Crippen LogP contribution in [0.1, 0.15) is 18.4 Å². The van der Waals surface area contributed by atoms with Gasteiger partial charge in [0.2, 0.25) is 0 Å². The van der Waals surface area contributed by atoms with E-state index in [-0.39, 0.29) is 6.61 Å². The molecular formula is C24H28N2O4. The Morgan fingerprint density at radius 3 is 2.47 bits per heavy atom. The van der Waals surface area contributed by atoms with Crippen molar-refractivity contribution in [2.45, 2.75) is 24.5 Å². The van der Waals surface area contributed by atoms with Gasteiger partial charge in [-0.25, -0.2) is 0 Å². The maximum atomic E-state index is 11.3. The number of aromatic nitrogens is 1. The summed E-state index contributed by atoms with van der Waals surface area (Å²) in [6, 6.07) is 15.3. The summed E-state index contributed by atoms with van der Waals surface area (Å²) in [7, 11) is 1.62. The van der Waals surface area contributed by atoms with Crippen LogP contribution < -0.4 is 9.47 Å². The van der Waals surface area contributed by atoms with E-state index < -0.39 is 11.7 Å². The highest BCUT2D eigenvalue weighted by Crippen LogP contribution is 2.36. The summed E-state index contributed by atoms with van der Waals surface area (Å²) in [4.78, 5) is 6.50. The summed E-state index contributed by atoms with van der Waals surface area (Å²) in [5.74, 6) is 1.47. The predicted octanol–water partition coefficient (Wildman–Crippen LogP) is 2.97. The molecule has 1 aliphatic rings. The lowest BCUT2D eigenvalue weighted by Gasteiger charge is -2.39. The first-order valence-corrected chi connectivity index (χ1v) is 10.3. The zero-order valence-corrected chi connectivity index (χ0v) is 17.2. The molecule has 1 fully saturated rings. The molecule has 2 aromatic carbocycles. The van der Waals surface area contributed by atoms with Gasteiger partial charge in [-0.15, -0.1) is 0 Å². The largest absolute Gasteiger partial charge is 0.497 e. The SMILES string of the molecule is COc1ccc(OC[C@@H](O)CN2CCC(O)(c3cncc4ccccc34)CC2)cc1. The first kappa shape index (κ1) is 20.6. The van der Waals surface area contributed by atoms with Crippen molar-refractivity contribution in [2.75, 3.05) is 33.4 Å². The van der Waals surface area contributed by atoms with Crippen molar-refractivity contribution in [3.63, 3.8) is 0 Å². The molecule has 0 saturated carbocycles. The van der Waals surface area contributed by atoms with Crippen LogP contribution in [0.4, 0.5) is 0 Å². The fraction of sp³-hybridized carbons (Fsp3) is 0.375. The van der Waals surface area contributed by atoms with Gasteiger partial charge in [-0.3, -0.25) is 4.98 Å². The first-order chi connectivity index (χ1) is 14.6. The van der Waals surface area contributed by atoms with Crippen LogP contribution in [0.25, 0.3) is 10.8 Å². The maximum absolute atomic E-state index is 11.3. The third-order valence-corrected chi connectivity index (χ3v) is 5.82. The molecule has 1 aromatic heterocycles. The molecule has 0 radical (unpaired) electrons. The molecule has 158 valence electrons. The predicted molar refractivity (Wildman–Crippen MR) is 116 cm³/mol. The number of hydrogen-bond donors (Lipinski definition) is 2. The molecule has 6 heteroatoms. The molecule has 0 amide bonds. The van der Waals surface area contributed by atoms with Crippen LogP contribution in [-0.4, -0.2) is 59.6 Å². The number of hydrogen-bond acceptors (Lipinski definition) is 6. The van der Waals surface area contributed by atoms with E-state index in [1.807, 2.05) is 54.7 Å². The summed E-state index contributed by atoms with van der Waals surface area (Å²) in [6.45, 7) is 2.15. The highest BCUT2D eigenvalue weighted by atomic mass is 16.5. The summed E-state index contributed by atoms with van der Waals surface area (Å²) in [6.07, 6.45) is 4.23. The van der Waals surface area contributed by atoms with E-state index in [1.165, 1.54) is 0 Å². The Labute approximate surface area is 176 Å². The Morgan fingerprint density at radius 1 is 1.03 bits per heavy atom. The highest BCUT2D eigenvalue weighted by Gasteiger charge is 2.35. The van der Waals surface area contributed by atoms with Gasteiger partial charge in [-0.05, 0) is 42.5 Å². The number of ether oxygens (including phenoxy) is 2. The lowest BCUT2D eigenvalue weighted by atomic mass is 9.83. The fourth-order valence-corrected chi connectivity index (χ4v) is 4.08. The Balaban J connectivity index is 1.31. The smallest absolute Gasteiger partial charge is 0.119 e. The quantitative estimate of drug-likeness (QED) is 0.626. The van der Waals surface area contributed by atoms with Gasteiger partial charge in [0.05, 0.1) is 12.7 Å². The molecule has 1 saturated heterocycles. The van der Waals surface area contributed by atoms with Gasteiger partial charge >= 0.3 is 0 Å². The number of methoxy groups -OCH3 is 1. The summed E-state index contributed by atoms with van der Waals surface area (Å²) < 4.78 is 10.8.